The molecule has 0 spiro atoms. The third kappa shape index (κ3) is 2.41. The molecule has 5 heteroatoms. The van der Waals surface area contributed by atoms with Crippen LogP contribution >= 0.6 is 0 Å². The van der Waals surface area contributed by atoms with Crippen LogP contribution < -0.4 is 0 Å². The number of nitrogens with zero attached hydrogens (tertiary/aromatic N) is 4. The summed E-state index contributed by atoms with van der Waals surface area (Å²) in [4.78, 5) is 2.38. The summed E-state index contributed by atoms with van der Waals surface area (Å²) in [5.41, 5.74) is 3.72. The molecular weight excluding hydrogens is 288 g/mol. The van der Waals surface area contributed by atoms with Crippen molar-refractivity contribution in [2.75, 3.05) is 6.54 Å². The van der Waals surface area contributed by atoms with Gasteiger partial charge in [0.05, 0.1) is 22.8 Å². The van der Waals surface area contributed by atoms with Crippen molar-refractivity contribution < 1.29 is 4.52 Å². The zero-order chi connectivity index (χ0) is 15.8. The van der Waals surface area contributed by atoms with Crippen LogP contribution in [0.4, 0.5) is 0 Å². The Kier molecular flexibility index (Phi) is 3.40. The van der Waals surface area contributed by atoms with Gasteiger partial charge in [0, 0.05) is 30.6 Å². The number of rotatable bonds is 3. The summed E-state index contributed by atoms with van der Waals surface area (Å²) in [5.74, 6) is 0.933. The first-order valence-electron chi connectivity index (χ1n) is 7.92. The van der Waals surface area contributed by atoms with Gasteiger partial charge in [0.2, 0.25) is 0 Å². The molecule has 1 saturated heterocycles. The van der Waals surface area contributed by atoms with Gasteiger partial charge in [-0.3, -0.25) is 4.90 Å². The molecule has 1 aliphatic rings. The lowest BCUT2D eigenvalue weighted by Gasteiger charge is -2.21. The first-order chi connectivity index (χ1) is 11.3. The molecule has 5 nitrogen and oxygen atoms in total. The van der Waals surface area contributed by atoms with Gasteiger partial charge in [-0.1, -0.05) is 11.2 Å². The number of fused-ring (bicyclic) bond motifs is 1. The smallest absolute Gasteiger partial charge is 0.154 e. The number of nitriles is 1. The third-order valence-electron chi connectivity index (χ3n) is 4.59. The largest absolute Gasteiger partial charge is 0.359 e. The van der Waals surface area contributed by atoms with E-state index in [1.807, 2.05) is 41.8 Å². The molecule has 1 atom stereocenters. The van der Waals surface area contributed by atoms with E-state index < -0.39 is 0 Å². The zero-order valence-corrected chi connectivity index (χ0v) is 13.1. The normalized spacial score (nSPS) is 18.5. The molecule has 0 radical (unpaired) electrons. The minimum Gasteiger partial charge on any atom is -0.359 e. The second kappa shape index (κ2) is 5.56. The van der Waals surface area contributed by atoms with Crippen molar-refractivity contribution in [3.05, 3.63) is 59.2 Å². The molecule has 23 heavy (non-hydrogen) atoms. The van der Waals surface area contributed by atoms with Crippen molar-refractivity contribution in [3.63, 3.8) is 0 Å². The SMILES string of the molecule is Cc1cc([C@H]2CCCN2Cc2cn3ccccc3c2C#N)on1. The highest BCUT2D eigenvalue weighted by molar-refractivity contribution is 5.65. The molecule has 0 N–H and O–H groups in total. The highest BCUT2D eigenvalue weighted by Crippen LogP contribution is 2.34. The number of aromatic nitrogens is 2. The molecular formula is C18H18N4O. The molecule has 0 amide bonds. The van der Waals surface area contributed by atoms with E-state index in [2.05, 4.69) is 22.3 Å². The number of likely N-dealkylation sites (tertiary alicyclic amines) is 1. The Labute approximate surface area is 134 Å². The predicted octanol–water partition coefficient (Wildman–Crippen LogP) is 3.44. The summed E-state index contributed by atoms with van der Waals surface area (Å²) < 4.78 is 7.50. The Balaban J connectivity index is 1.66. The van der Waals surface area contributed by atoms with Crippen LogP contribution in [0.25, 0.3) is 5.52 Å². The van der Waals surface area contributed by atoms with Gasteiger partial charge in [-0.2, -0.15) is 5.26 Å². The fourth-order valence-electron chi connectivity index (χ4n) is 3.52. The minimum atomic E-state index is 0.255. The molecule has 4 heterocycles. The Hall–Kier alpha value is -2.58. The lowest BCUT2D eigenvalue weighted by Crippen LogP contribution is -2.22. The Morgan fingerprint density at radius 1 is 1.43 bits per heavy atom. The lowest BCUT2D eigenvalue weighted by molar-refractivity contribution is 0.206. The van der Waals surface area contributed by atoms with Gasteiger partial charge in [-0.25, -0.2) is 0 Å². The molecule has 3 aromatic heterocycles. The first kappa shape index (κ1) is 14.0. The van der Waals surface area contributed by atoms with Gasteiger partial charge in [0.15, 0.2) is 5.76 Å². The minimum absolute atomic E-state index is 0.255. The van der Waals surface area contributed by atoms with E-state index in [4.69, 9.17) is 4.52 Å². The number of hydrogen-bond acceptors (Lipinski definition) is 4. The van der Waals surface area contributed by atoms with E-state index in [0.717, 1.165) is 54.0 Å². The average Bonchev–Trinajstić information content (AvgIpc) is 3.25. The zero-order valence-electron chi connectivity index (χ0n) is 13.1. The monoisotopic (exact) mass is 306 g/mol. The van der Waals surface area contributed by atoms with Crippen molar-refractivity contribution in [3.8, 4) is 6.07 Å². The Morgan fingerprint density at radius 2 is 2.35 bits per heavy atom. The summed E-state index contributed by atoms with van der Waals surface area (Å²) in [5, 5.41) is 13.6. The number of hydrogen-bond donors (Lipinski definition) is 0. The summed E-state index contributed by atoms with van der Waals surface area (Å²) in [6.45, 7) is 3.72. The Morgan fingerprint density at radius 3 is 3.13 bits per heavy atom. The Bertz CT molecular complexity index is 886. The van der Waals surface area contributed by atoms with Crippen LogP contribution in [0, 0.1) is 18.3 Å². The predicted molar refractivity (Wildman–Crippen MR) is 85.7 cm³/mol. The molecule has 4 rings (SSSR count). The second-order valence-corrected chi connectivity index (χ2v) is 6.13. The standard InChI is InChI=1S/C18H18N4O/c1-13-9-18(23-20-13)17-6-4-8-22(17)12-14-11-21-7-3-2-5-16(21)15(14)10-19/h2-3,5,7,9,11,17H,4,6,8,12H2,1H3/t17-/m1/s1. The van der Waals surface area contributed by atoms with E-state index >= 15 is 0 Å². The van der Waals surface area contributed by atoms with E-state index in [1.54, 1.807) is 0 Å². The average molecular weight is 306 g/mol. The van der Waals surface area contributed by atoms with Gasteiger partial charge in [0.1, 0.15) is 6.07 Å². The molecule has 0 bridgehead atoms. The molecule has 0 unspecified atom stereocenters. The maximum atomic E-state index is 9.56. The summed E-state index contributed by atoms with van der Waals surface area (Å²) >= 11 is 0. The van der Waals surface area contributed by atoms with Crippen LogP contribution in [-0.4, -0.2) is 21.0 Å². The van der Waals surface area contributed by atoms with Crippen molar-refractivity contribution >= 4 is 5.52 Å². The topological polar surface area (TPSA) is 57.5 Å². The molecule has 0 aliphatic carbocycles. The van der Waals surface area contributed by atoms with Crippen molar-refractivity contribution in [2.24, 2.45) is 0 Å². The third-order valence-corrected chi connectivity index (χ3v) is 4.59. The molecule has 0 aromatic carbocycles. The maximum Gasteiger partial charge on any atom is 0.154 e. The van der Waals surface area contributed by atoms with Crippen molar-refractivity contribution in [1.29, 1.82) is 5.26 Å². The van der Waals surface area contributed by atoms with E-state index in [9.17, 15) is 5.26 Å². The van der Waals surface area contributed by atoms with Gasteiger partial charge >= 0.3 is 0 Å². The summed E-state index contributed by atoms with van der Waals surface area (Å²) in [6, 6.07) is 10.6. The quantitative estimate of drug-likeness (QED) is 0.743. The number of aryl methyl sites for hydroxylation is 1. The van der Waals surface area contributed by atoms with Gasteiger partial charge < -0.3 is 8.92 Å². The van der Waals surface area contributed by atoms with Gasteiger partial charge in [0.25, 0.3) is 0 Å². The maximum absolute atomic E-state index is 9.56. The van der Waals surface area contributed by atoms with E-state index in [-0.39, 0.29) is 6.04 Å². The summed E-state index contributed by atoms with van der Waals surface area (Å²) in [7, 11) is 0. The van der Waals surface area contributed by atoms with Gasteiger partial charge in [-0.05, 0) is 38.4 Å². The van der Waals surface area contributed by atoms with Crippen LogP contribution in [0.2, 0.25) is 0 Å². The first-order valence-corrected chi connectivity index (χ1v) is 7.92. The lowest BCUT2D eigenvalue weighted by atomic mass is 10.1. The van der Waals surface area contributed by atoms with Crippen molar-refractivity contribution in [1.82, 2.24) is 14.5 Å². The molecule has 1 aliphatic heterocycles. The molecule has 0 saturated carbocycles. The fourth-order valence-corrected chi connectivity index (χ4v) is 3.52. The number of pyridine rings is 1. The van der Waals surface area contributed by atoms with Crippen LogP contribution in [0.15, 0.2) is 41.2 Å². The van der Waals surface area contributed by atoms with Crippen LogP contribution in [0.1, 0.15) is 41.5 Å². The van der Waals surface area contributed by atoms with E-state index in [0.29, 0.717) is 0 Å². The molecule has 116 valence electrons. The highest BCUT2D eigenvalue weighted by Gasteiger charge is 2.30. The van der Waals surface area contributed by atoms with Crippen LogP contribution in [0.3, 0.4) is 0 Å². The van der Waals surface area contributed by atoms with Gasteiger partial charge in [-0.15, -0.1) is 0 Å². The molecule has 3 aromatic rings. The molecule has 1 fully saturated rings. The van der Waals surface area contributed by atoms with Crippen LogP contribution in [-0.2, 0) is 6.54 Å². The van der Waals surface area contributed by atoms with E-state index in [1.165, 1.54) is 0 Å². The fraction of sp³-hybridized carbons (Fsp3) is 0.333. The van der Waals surface area contributed by atoms with Crippen molar-refractivity contribution in [2.45, 2.75) is 32.4 Å². The summed E-state index contributed by atoms with van der Waals surface area (Å²) in [6.07, 6.45) is 6.26. The highest BCUT2D eigenvalue weighted by atomic mass is 16.5. The second-order valence-electron chi connectivity index (χ2n) is 6.13. The van der Waals surface area contributed by atoms with Crippen LogP contribution in [0.5, 0.6) is 0 Å².